The minimum absolute atomic E-state index is 0.00326. The molecule has 0 fully saturated rings. The summed E-state index contributed by atoms with van der Waals surface area (Å²) in [5.41, 5.74) is -1.58. The summed E-state index contributed by atoms with van der Waals surface area (Å²) < 4.78 is 71.4. The maximum atomic E-state index is 13.1. The second-order valence-corrected chi connectivity index (χ2v) is 8.98. The van der Waals surface area contributed by atoms with Gasteiger partial charge in [-0.25, -0.2) is 13.1 Å². The van der Waals surface area contributed by atoms with Crippen molar-refractivity contribution in [3.05, 3.63) is 52.0 Å². The minimum Gasteiger partial charge on any atom is -0.482 e. The van der Waals surface area contributed by atoms with Crippen molar-refractivity contribution in [3.8, 4) is 5.75 Å². The molecule has 0 atom stereocenters. The van der Waals surface area contributed by atoms with Crippen LogP contribution in [0.5, 0.6) is 5.75 Å². The fourth-order valence-corrected chi connectivity index (χ4v) is 3.99. The Morgan fingerprint density at radius 3 is 2.45 bits per heavy atom. The number of halogens is 5. The Bertz CT molecular complexity index is 1050. The van der Waals surface area contributed by atoms with Gasteiger partial charge in [-0.3, -0.25) is 4.79 Å². The van der Waals surface area contributed by atoms with E-state index in [1.165, 1.54) is 18.2 Å². The Morgan fingerprint density at radius 2 is 1.84 bits per heavy atom. The molecule has 12 heteroatoms. The summed E-state index contributed by atoms with van der Waals surface area (Å²) in [6.45, 7) is 1.55. The van der Waals surface area contributed by atoms with Crippen LogP contribution in [0.4, 0.5) is 18.9 Å². The third-order valence-electron chi connectivity index (χ3n) is 3.96. The number of anilines is 1. The van der Waals surface area contributed by atoms with Crippen LogP contribution in [-0.4, -0.2) is 27.5 Å². The first-order valence-electron chi connectivity index (χ1n) is 9.02. The van der Waals surface area contributed by atoms with Gasteiger partial charge >= 0.3 is 6.18 Å². The summed E-state index contributed by atoms with van der Waals surface area (Å²) in [6, 6.07) is 6.59. The van der Waals surface area contributed by atoms with Crippen molar-refractivity contribution < 1.29 is 31.1 Å². The second-order valence-electron chi connectivity index (χ2n) is 6.37. The fraction of sp³-hybridized carbons (Fsp3) is 0.316. The molecule has 0 aromatic heterocycles. The SMILES string of the molecule is CCCCNS(=O)(=O)c1ccc(OCC(=O)Nc2ccc(Cl)cc2C(F)(F)F)c(Cl)c1. The number of carbonyl (C=O) groups is 1. The average Bonchev–Trinajstić information content (AvgIpc) is 2.67. The summed E-state index contributed by atoms with van der Waals surface area (Å²) in [5.74, 6) is -0.877. The van der Waals surface area contributed by atoms with E-state index in [1.54, 1.807) is 0 Å². The number of carbonyl (C=O) groups excluding carboxylic acids is 1. The van der Waals surface area contributed by atoms with Gasteiger partial charge in [0.25, 0.3) is 5.91 Å². The number of rotatable bonds is 9. The lowest BCUT2D eigenvalue weighted by molar-refractivity contribution is -0.137. The van der Waals surface area contributed by atoms with Gasteiger partial charge in [-0.15, -0.1) is 0 Å². The fourth-order valence-electron chi connectivity index (χ4n) is 2.42. The summed E-state index contributed by atoms with van der Waals surface area (Å²) in [4.78, 5) is 12.0. The Kier molecular flexibility index (Phi) is 8.58. The number of hydrogen-bond donors (Lipinski definition) is 2. The van der Waals surface area contributed by atoms with Gasteiger partial charge in [-0.2, -0.15) is 13.2 Å². The van der Waals surface area contributed by atoms with E-state index in [1.807, 2.05) is 6.92 Å². The Hall–Kier alpha value is -2.01. The summed E-state index contributed by atoms with van der Waals surface area (Å²) >= 11 is 11.6. The highest BCUT2D eigenvalue weighted by Crippen LogP contribution is 2.36. The highest BCUT2D eigenvalue weighted by Gasteiger charge is 2.34. The molecule has 2 aromatic rings. The lowest BCUT2D eigenvalue weighted by Crippen LogP contribution is -2.25. The monoisotopic (exact) mass is 498 g/mol. The Balaban J connectivity index is 2.05. The third kappa shape index (κ3) is 7.27. The van der Waals surface area contributed by atoms with Gasteiger partial charge < -0.3 is 10.1 Å². The summed E-state index contributed by atoms with van der Waals surface area (Å²) in [6.07, 6.45) is -3.23. The van der Waals surface area contributed by atoms with E-state index < -0.39 is 40.0 Å². The minimum atomic E-state index is -4.72. The lowest BCUT2D eigenvalue weighted by atomic mass is 10.1. The Labute approximate surface area is 187 Å². The number of unbranched alkanes of at least 4 members (excludes halogenated alkanes) is 1. The molecule has 0 saturated carbocycles. The standard InChI is InChI=1S/C19H19Cl2F3N2O4S/c1-2-3-8-25-31(28,29)13-5-7-17(15(21)10-13)30-11-18(27)26-16-6-4-12(20)9-14(16)19(22,23)24/h4-7,9-10,25H,2-3,8,11H2,1H3,(H,26,27). The Morgan fingerprint density at radius 1 is 1.13 bits per heavy atom. The van der Waals surface area contributed by atoms with Crippen LogP contribution in [0.2, 0.25) is 10.0 Å². The second kappa shape index (κ2) is 10.5. The van der Waals surface area contributed by atoms with Crippen LogP contribution in [0, 0.1) is 0 Å². The number of amides is 1. The van der Waals surface area contributed by atoms with Crippen LogP contribution in [0.3, 0.4) is 0 Å². The first kappa shape index (κ1) is 25.3. The third-order valence-corrected chi connectivity index (χ3v) is 5.95. The van der Waals surface area contributed by atoms with Crippen LogP contribution < -0.4 is 14.8 Å². The highest BCUT2D eigenvalue weighted by molar-refractivity contribution is 7.89. The summed E-state index contributed by atoms with van der Waals surface area (Å²) in [7, 11) is -3.75. The first-order valence-corrected chi connectivity index (χ1v) is 11.3. The van der Waals surface area contributed by atoms with Crippen LogP contribution in [-0.2, 0) is 21.0 Å². The van der Waals surface area contributed by atoms with Gasteiger partial charge in [-0.05, 0) is 42.8 Å². The van der Waals surface area contributed by atoms with Crippen LogP contribution in [0.15, 0.2) is 41.3 Å². The molecule has 2 aromatic carbocycles. The van der Waals surface area contributed by atoms with Gasteiger partial charge in [0.15, 0.2) is 6.61 Å². The molecule has 0 heterocycles. The molecule has 0 aliphatic heterocycles. The molecule has 0 aliphatic rings. The van der Waals surface area contributed by atoms with Crippen molar-refractivity contribution in [3.63, 3.8) is 0 Å². The van der Waals surface area contributed by atoms with Gasteiger partial charge in [0.2, 0.25) is 10.0 Å². The first-order chi connectivity index (χ1) is 14.4. The van der Waals surface area contributed by atoms with E-state index in [2.05, 4.69) is 10.0 Å². The topological polar surface area (TPSA) is 84.5 Å². The van der Waals surface area contributed by atoms with Crippen molar-refractivity contribution in [1.82, 2.24) is 4.72 Å². The normalized spacial score (nSPS) is 11.9. The molecular formula is C19H19Cl2F3N2O4S. The van der Waals surface area contributed by atoms with Crippen molar-refractivity contribution in [2.24, 2.45) is 0 Å². The van der Waals surface area contributed by atoms with E-state index in [4.69, 9.17) is 27.9 Å². The number of benzene rings is 2. The lowest BCUT2D eigenvalue weighted by Gasteiger charge is -2.15. The number of nitrogens with one attached hydrogen (secondary N) is 2. The van der Waals surface area contributed by atoms with Gasteiger partial charge in [-0.1, -0.05) is 36.5 Å². The smallest absolute Gasteiger partial charge is 0.418 e. The van der Waals surface area contributed by atoms with Crippen LogP contribution >= 0.6 is 23.2 Å². The predicted octanol–water partition coefficient (Wildman–Crippen LogP) is 5.11. The van der Waals surface area contributed by atoms with Crippen molar-refractivity contribution in [2.75, 3.05) is 18.5 Å². The maximum Gasteiger partial charge on any atom is 0.418 e. The van der Waals surface area contributed by atoms with Crippen molar-refractivity contribution in [1.29, 1.82) is 0 Å². The predicted molar refractivity (Wildman–Crippen MR) is 112 cm³/mol. The number of ether oxygens (including phenoxy) is 1. The van der Waals surface area contributed by atoms with E-state index in [0.29, 0.717) is 12.5 Å². The molecule has 0 radical (unpaired) electrons. The van der Waals surface area contributed by atoms with E-state index in [9.17, 15) is 26.4 Å². The van der Waals surface area contributed by atoms with Gasteiger partial charge in [0.1, 0.15) is 5.75 Å². The van der Waals surface area contributed by atoms with Gasteiger partial charge in [0, 0.05) is 11.6 Å². The molecule has 1 amide bonds. The van der Waals surface area contributed by atoms with Crippen molar-refractivity contribution in [2.45, 2.75) is 30.8 Å². The van der Waals surface area contributed by atoms with Crippen LogP contribution in [0.1, 0.15) is 25.3 Å². The number of alkyl halides is 3. The quantitative estimate of drug-likeness (QED) is 0.470. The molecule has 0 aliphatic carbocycles. The van der Waals surface area contributed by atoms with Crippen molar-refractivity contribution >= 4 is 44.8 Å². The zero-order chi connectivity index (χ0) is 23.2. The summed E-state index contributed by atoms with van der Waals surface area (Å²) in [5, 5.41) is 1.90. The molecule has 2 rings (SSSR count). The maximum absolute atomic E-state index is 13.1. The van der Waals surface area contributed by atoms with E-state index in [0.717, 1.165) is 18.6 Å². The van der Waals surface area contributed by atoms with Gasteiger partial charge in [0.05, 0.1) is 21.2 Å². The molecule has 31 heavy (non-hydrogen) atoms. The van der Waals surface area contributed by atoms with E-state index in [-0.39, 0.29) is 27.2 Å². The highest BCUT2D eigenvalue weighted by atomic mass is 35.5. The molecule has 6 nitrogen and oxygen atoms in total. The van der Waals surface area contributed by atoms with Crippen LogP contribution in [0.25, 0.3) is 0 Å². The average molecular weight is 499 g/mol. The molecule has 0 unspecified atom stereocenters. The largest absolute Gasteiger partial charge is 0.482 e. The number of hydrogen-bond acceptors (Lipinski definition) is 4. The zero-order valence-electron chi connectivity index (χ0n) is 16.2. The molecule has 0 spiro atoms. The molecule has 0 saturated heterocycles. The molecule has 170 valence electrons. The van der Waals surface area contributed by atoms with E-state index >= 15 is 0 Å². The number of sulfonamides is 1. The molecular weight excluding hydrogens is 480 g/mol. The molecule has 2 N–H and O–H groups in total. The zero-order valence-corrected chi connectivity index (χ0v) is 18.6. The molecule has 0 bridgehead atoms.